The van der Waals surface area contributed by atoms with Gasteiger partial charge in [-0.1, -0.05) is 15.9 Å². The fraction of sp³-hybridized carbons (Fsp3) is 0.125. The second-order valence-corrected chi connectivity index (χ2v) is 3.54. The highest BCUT2D eigenvalue weighted by Crippen LogP contribution is 2.21. The molecule has 0 saturated heterocycles. The lowest BCUT2D eigenvalue weighted by molar-refractivity contribution is 0.631. The Balaban J connectivity index is 2.88. The highest BCUT2D eigenvalue weighted by atomic mass is 79.9. The van der Waals surface area contributed by atoms with Gasteiger partial charge in [0.15, 0.2) is 5.82 Å². The molecule has 1 heterocycles. The Hall–Kier alpha value is -0.900. The maximum Gasteiger partial charge on any atom is 0.152 e. The van der Waals surface area contributed by atoms with Crippen LogP contribution in [0.5, 0.6) is 0 Å². The van der Waals surface area contributed by atoms with Crippen LogP contribution in [0, 0.1) is 5.82 Å². The number of hydrogen-bond donors (Lipinski definition) is 0. The van der Waals surface area contributed by atoms with E-state index in [-0.39, 0.29) is 5.82 Å². The lowest BCUT2D eigenvalue weighted by atomic mass is 10.2. The van der Waals surface area contributed by atoms with Gasteiger partial charge in [0.1, 0.15) is 5.52 Å². The zero-order valence-corrected chi connectivity index (χ0v) is 7.97. The predicted molar refractivity (Wildman–Crippen MR) is 48.4 cm³/mol. The van der Waals surface area contributed by atoms with Gasteiger partial charge in [-0.25, -0.2) is 4.39 Å². The Labute approximate surface area is 77.1 Å². The second kappa shape index (κ2) is 2.55. The molecule has 2 rings (SSSR count). The summed E-state index contributed by atoms with van der Waals surface area (Å²) in [6.45, 7) is 0. The van der Waals surface area contributed by atoms with E-state index < -0.39 is 0 Å². The quantitative estimate of drug-likeness (QED) is 0.678. The molecule has 2 aromatic rings. The first kappa shape index (κ1) is 7.73. The molecule has 0 saturated carbocycles. The number of hydrogen-bond acceptors (Lipinski definition) is 1. The van der Waals surface area contributed by atoms with Crippen LogP contribution >= 0.6 is 15.9 Å². The van der Waals surface area contributed by atoms with E-state index in [4.69, 9.17) is 0 Å². The van der Waals surface area contributed by atoms with Crippen LogP contribution in [-0.2, 0) is 7.05 Å². The second-order valence-electron chi connectivity index (χ2n) is 2.63. The van der Waals surface area contributed by atoms with E-state index >= 15 is 0 Å². The van der Waals surface area contributed by atoms with E-state index in [2.05, 4.69) is 21.0 Å². The zero-order chi connectivity index (χ0) is 8.72. The van der Waals surface area contributed by atoms with Crippen LogP contribution < -0.4 is 0 Å². The number of benzene rings is 1. The topological polar surface area (TPSA) is 17.8 Å². The third-order valence-electron chi connectivity index (χ3n) is 1.64. The van der Waals surface area contributed by atoms with E-state index in [0.717, 1.165) is 9.86 Å². The van der Waals surface area contributed by atoms with Gasteiger partial charge in [0.2, 0.25) is 0 Å². The molecule has 0 atom stereocenters. The van der Waals surface area contributed by atoms with Gasteiger partial charge < -0.3 is 0 Å². The largest absolute Gasteiger partial charge is 0.274 e. The zero-order valence-electron chi connectivity index (χ0n) is 6.38. The van der Waals surface area contributed by atoms with Gasteiger partial charge in [-0.05, 0) is 12.1 Å². The van der Waals surface area contributed by atoms with Gasteiger partial charge in [-0.2, -0.15) is 5.10 Å². The molecule has 0 aliphatic carbocycles. The molecular formula is C8H6BrFN2. The molecule has 1 aromatic heterocycles. The molecule has 0 radical (unpaired) electrons. The average molecular weight is 229 g/mol. The van der Waals surface area contributed by atoms with Gasteiger partial charge in [0, 0.05) is 23.1 Å². The van der Waals surface area contributed by atoms with Gasteiger partial charge in [-0.3, -0.25) is 4.68 Å². The number of halogens is 2. The van der Waals surface area contributed by atoms with Crippen LogP contribution in [0.15, 0.2) is 22.8 Å². The molecule has 0 unspecified atom stereocenters. The van der Waals surface area contributed by atoms with E-state index in [9.17, 15) is 4.39 Å². The summed E-state index contributed by atoms with van der Waals surface area (Å²) < 4.78 is 15.5. The van der Waals surface area contributed by atoms with Crippen LogP contribution in [0.2, 0.25) is 0 Å². The van der Waals surface area contributed by atoms with Crippen molar-refractivity contribution in [2.24, 2.45) is 7.05 Å². The van der Waals surface area contributed by atoms with Gasteiger partial charge >= 0.3 is 0 Å². The Kier molecular flexibility index (Phi) is 1.65. The number of rotatable bonds is 0. The van der Waals surface area contributed by atoms with Crippen LogP contribution in [0.1, 0.15) is 0 Å². The molecule has 0 N–H and O–H groups in total. The molecule has 0 spiro atoms. The first-order chi connectivity index (χ1) is 5.66. The molecule has 0 amide bonds. The van der Waals surface area contributed by atoms with Gasteiger partial charge in [0.25, 0.3) is 0 Å². The summed E-state index contributed by atoms with van der Waals surface area (Å²) in [5, 5.41) is 4.78. The van der Waals surface area contributed by atoms with E-state index in [1.807, 2.05) is 6.07 Å². The molecule has 0 aliphatic heterocycles. The monoisotopic (exact) mass is 228 g/mol. The lowest BCUT2D eigenvalue weighted by Gasteiger charge is -1.91. The first-order valence-corrected chi connectivity index (χ1v) is 4.24. The van der Waals surface area contributed by atoms with Crippen molar-refractivity contribution in [1.82, 2.24) is 9.78 Å². The van der Waals surface area contributed by atoms with E-state index in [1.165, 1.54) is 6.07 Å². The number of nitrogens with zero attached hydrogens (tertiary/aromatic N) is 2. The molecule has 62 valence electrons. The molecule has 12 heavy (non-hydrogen) atoms. The van der Waals surface area contributed by atoms with Crippen LogP contribution in [0.4, 0.5) is 4.39 Å². The Bertz CT molecular complexity index is 436. The minimum atomic E-state index is -0.292. The van der Waals surface area contributed by atoms with Crippen molar-refractivity contribution in [2.45, 2.75) is 0 Å². The van der Waals surface area contributed by atoms with E-state index in [0.29, 0.717) is 5.52 Å². The summed E-state index contributed by atoms with van der Waals surface area (Å²) in [5.41, 5.74) is 0.417. The van der Waals surface area contributed by atoms with Gasteiger partial charge in [-0.15, -0.1) is 0 Å². The molecule has 0 bridgehead atoms. The minimum absolute atomic E-state index is 0.292. The number of aromatic nitrogens is 2. The Morgan fingerprint density at radius 2 is 2.25 bits per heavy atom. The van der Waals surface area contributed by atoms with Crippen molar-refractivity contribution in [3.8, 4) is 0 Å². The van der Waals surface area contributed by atoms with Gasteiger partial charge in [0.05, 0.1) is 0 Å². The third-order valence-corrected chi connectivity index (χ3v) is 2.10. The Morgan fingerprint density at radius 3 is 3.00 bits per heavy atom. The maximum atomic E-state index is 13.2. The molecule has 2 nitrogen and oxygen atoms in total. The predicted octanol–water partition coefficient (Wildman–Crippen LogP) is 2.47. The summed E-state index contributed by atoms with van der Waals surface area (Å²) in [4.78, 5) is 0. The average Bonchev–Trinajstić information content (AvgIpc) is 2.29. The Morgan fingerprint density at radius 1 is 1.50 bits per heavy atom. The first-order valence-electron chi connectivity index (χ1n) is 3.45. The van der Waals surface area contributed by atoms with Crippen molar-refractivity contribution < 1.29 is 4.39 Å². The van der Waals surface area contributed by atoms with Crippen molar-refractivity contribution in [3.05, 3.63) is 28.6 Å². The lowest BCUT2D eigenvalue weighted by Crippen LogP contribution is -1.86. The van der Waals surface area contributed by atoms with E-state index in [1.54, 1.807) is 17.9 Å². The molecule has 0 fully saturated rings. The standard InChI is InChI=1S/C8H6BrFN2/c1-12-4-5-2-6(9)3-7(10)8(5)11-12/h2-4H,1H3. The molecule has 1 aromatic carbocycles. The number of fused-ring (bicyclic) bond motifs is 1. The molecular weight excluding hydrogens is 223 g/mol. The summed E-state index contributed by atoms with van der Waals surface area (Å²) in [5.74, 6) is -0.292. The summed E-state index contributed by atoms with van der Waals surface area (Å²) >= 11 is 3.22. The van der Waals surface area contributed by atoms with Crippen molar-refractivity contribution in [1.29, 1.82) is 0 Å². The maximum absolute atomic E-state index is 13.2. The highest BCUT2D eigenvalue weighted by molar-refractivity contribution is 9.10. The molecule has 0 aliphatic rings. The molecule has 4 heteroatoms. The fourth-order valence-corrected chi connectivity index (χ4v) is 1.63. The SMILES string of the molecule is Cn1cc2cc(Br)cc(F)c2n1. The summed E-state index contributed by atoms with van der Waals surface area (Å²) in [6.07, 6.45) is 1.78. The summed E-state index contributed by atoms with van der Waals surface area (Å²) in [7, 11) is 1.77. The van der Waals surface area contributed by atoms with Crippen molar-refractivity contribution in [2.75, 3.05) is 0 Å². The smallest absolute Gasteiger partial charge is 0.152 e. The van der Waals surface area contributed by atoms with Crippen molar-refractivity contribution >= 4 is 26.8 Å². The third kappa shape index (κ3) is 1.12. The fourth-order valence-electron chi connectivity index (χ4n) is 1.18. The minimum Gasteiger partial charge on any atom is -0.274 e. The highest BCUT2D eigenvalue weighted by Gasteiger charge is 2.05. The van der Waals surface area contributed by atoms with Crippen LogP contribution in [0.3, 0.4) is 0 Å². The van der Waals surface area contributed by atoms with Crippen LogP contribution in [-0.4, -0.2) is 9.78 Å². The summed E-state index contributed by atoms with van der Waals surface area (Å²) in [6, 6.07) is 3.25. The van der Waals surface area contributed by atoms with Crippen molar-refractivity contribution in [3.63, 3.8) is 0 Å². The normalized spacial score (nSPS) is 10.9. The van der Waals surface area contributed by atoms with Crippen LogP contribution in [0.25, 0.3) is 10.9 Å². The number of aryl methyl sites for hydroxylation is 1.